The summed E-state index contributed by atoms with van der Waals surface area (Å²) in [5.74, 6) is -1.49. The number of nitrogens with zero attached hydrogens (tertiary/aromatic N) is 1. The highest BCUT2D eigenvalue weighted by Gasteiger charge is 2.25. The van der Waals surface area contributed by atoms with Gasteiger partial charge in [-0.25, -0.2) is 9.78 Å². The Balaban J connectivity index is 2.62. The molecule has 0 saturated carbocycles. The van der Waals surface area contributed by atoms with Gasteiger partial charge in [0, 0.05) is 13.5 Å². The number of carbonyl (C=O) groups excluding carboxylic acids is 1. The van der Waals surface area contributed by atoms with Gasteiger partial charge in [0.15, 0.2) is 5.69 Å². The van der Waals surface area contributed by atoms with Gasteiger partial charge in [0.05, 0.1) is 16.5 Å². The molecule has 1 heterocycles. The van der Waals surface area contributed by atoms with Gasteiger partial charge in [-0.2, -0.15) is 0 Å². The molecule has 1 amide bonds. The largest absolute Gasteiger partial charge is 0.476 e. The zero-order valence-electron chi connectivity index (χ0n) is 9.66. The van der Waals surface area contributed by atoms with E-state index in [4.69, 9.17) is 5.11 Å². The molecule has 2 atom stereocenters. The number of aliphatic hydroxyl groups is 2. The molecule has 1 rings (SSSR count). The Labute approximate surface area is 107 Å². The minimum atomic E-state index is -1.32. The van der Waals surface area contributed by atoms with Crippen LogP contribution in [-0.4, -0.2) is 44.8 Å². The number of carbonyl (C=O) groups is 2. The third-order valence-electron chi connectivity index (χ3n) is 2.24. The molecular weight excluding hydrogens is 260 g/mol. The molecular formula is C10H14N2O5S. The van der Waals surface area contributed by atoms with Crippen molar-refractivity contribution < 1.29 is 24.9 Å². The van der Waals surface area contributed by atoms with Crippen molar-refractivity contribution in [2.24, 2.45) is 0 Å². The SMILES string of the molecule is CC(=O)NCCC(O)C(O)c1scnc1C(=O)O. The van der Waals surface area contributed by atoms with Crippen molar-refractivity contribution >= 4 is 23.2 Å². The van der Waals surface area contributed by atoms with E-state index in [2.05, 4.69) is 10.3 Å². The Morgan fingerprint density at radius 1 is 1.50 bits per heavy atom. The first-order valence-electron chi connectivity index (χ1n) is 5.20. The van der Waals surface area contributed by atoms with Gasteiger partial charge in [0.1, 0.15) is 6.10 Å². The number of hydrogen-bond acceptors (Lipinski definition) is 6. The first-order valence-corrected chi connectivity index (χ1v) is 6.08. The Kier molecular flexibility index (Phi) is 5.20. The van der Waals surface area contributed by atoms with Crippen LogP contribution >= 0.6 is 11.3 Å². The maximum atomic E-state index is 10.8. The first-order chi connectivity index (χ1) is 8.43. The number of aromatic carboxylic acids is 1. The molecule has 8 heteroatoms. The second-order valence-electron chi connectivity index (χ2n) is 3.65. The van der Waals surface area contributed by atoms with Crippen molar-refractivity contribution in [2.45, 2.75) is 25.6 Å². The second kappa shape index (κ2) is 6.43. The third kappa shape index (κ3) is 3.76. The molecule has 7 nitrogen and oxygen atoms in total. The lowest BCUT2D eigenvalue weighted by Crippen LogP contribution is -2.28. The smallest absolute Gasteiger partial charge is 0.355 e. The number of aromatic nitrogens is 1. The third-order valence-corrected chi connectivity index (χ3v) is 3.14. The minimum absolute atomic E-state index is 0.109. The predicted molar refractivity (Wildman–Crippen MR) is 63.3 cm³/mol. The van der Waals surface area contributed by atoms with Gasteiger partial charge < -0.3 is 20.6 Å². The zero-order valence-corrected chi connectivity index (χ0v) is 10.5. The standard InChI is InChI=1S/C10H14N2O5S/c1-5(13)11-3-2-6(14)8(15)9-7(10(16)17)12-4-18-9/h4,6,8,14-15H,2-3H2,1H3,(H,11,13)(H,16,17). The van der Waals surface area contributed by atoms with Crippen LogP contribution < -0.4 is 5.32 Å². The second-order valence-corrected chi connectivity index (χ2v) is 4.54. The van der Waals surface area contributed by atoms with Crippen LogP contribution in [0.3, 0.4) is 0 Å². The van der Waals surface area contributed by atoms with Gasteiger partial charge >= 0.3 is 5.97 Å². The van der Waals surface area contributed by atoms with E-state index in [0.29, 0.717) is 0 Å². The fourth-order valence-electron chi connectivity index (χ4n) is 1.35. The Morgan fingerprint density at radius 3 is 2.72 bits per heavy atom. The highest BCUT2D eigenvalue weighted by Crippen LogP contribution is 2.26. The molecule has 4 N–H and O–H groups in total. The summed E-state index contributed by atoms with van der Waals surface area (Å²) >= 11 is 0.965. The topological polar surface area (TPSA) is 120 Å². The van der Waals surface area contributed by atoms with Crippen molar-refractivity contribution in [1.82, 2.24) is 10.3 Å². The van der Waals surface area contributed by atoms with E-state index in [0.717, 1.165) is 11.3 Å². The molecule has 1 aromatic heterocycles. The minimum Gasteiger partial charge on any atom is -0.476 e. The summed E-state index contributed by atoms with van der Waals surface area (Å²) in [5, 5.41) is 30.8. The average molecular weight is 274 g/mol. The summed E-state index contributed by atoms with van der Waals surface area (Å²) in [4.78, 5) is 25.1. The number of aliphatic hydroxyl groups excluding tert-OH is 2. The molecule has 100 valence electrons. The molecule has 0 aromatic carbocycles. The lowest BCUT2D eigenvalue weighted by Gasteiger charge is -2.16. The molecule has 0 aliphatic carbocycles. The van der Waals surface area contributed by atoms with Crippen molar-refractivity contribution in [2.75, 3.05) is 6.54 Å². The van der Waals surface area contributed by atoms with E-state index in [1.54, 1.807) is 0 Å². The molecule has 18 heavy (non-hydrogen) atoms. The monoisotopic (exact) mass is 274 g/mol. The maximum absolute atomic E-state index is 10.8. The average Bonchev–Trinajstić information content (AvgIpc) is 2.76. The van der Waals surface area contributed by atoms with Crippen molar-refractivity contribution in [3.8, 4) is 0 Å². The number of carboxylic acid groups (broad SMARTS) is 1. The number of nitrogens with one attached hydrogen (secondary N) is 1. The molecule has 2 unspecified atom stereocenters. The van der Waals surface area contributed by atoms with Crippen molar-refractivity contribution in [3.05, 3.63) is 16.1 Å². The van der Waals surface area contributed by atoms with Crippen LogP contribution in [0, 0.1) is 0 Å². The number of carboxylic acids is 1. The number of rotatable bonds is 6. The van der Waals surface area contributed by atoms with Crippen molar-refractivity contribution in [1.29, 1.82) is 0 Å². The van der Waals surface area contributed by atoms with Crippen LogP contribution in [0.1, 0.15) is 34.8 Å². The lowest BCUT2D eigenvalue weighted by molar-refractivity contribution is -0.119. The molecule has 0 fully saturated rings. The van der Waals surface area contributed by atoms with Crippen LogP contribution in [-0.2, 0) is 4.79 Å². The Bertz CT molecular complexity index is 434. The number of hydrogen-bond donors (Lipinski definition) is 4. The molecule has 0 radical (unpaired) electrons. The fraction of sp³-hybridized carbons (Fsp3) is 0.500. The summed E-state index contributed by atoms with van der Waals surface area (Å²) in [6.45, 7) is 1.54. The van der Waals surface area contributed by atoms with Gasteiger partial charge in [-0.1, -0.05) is 0 Å². The van der Waals surface area contributed by atoms with Crippen LogP contribution in [0.2, 0.25) is 0 Å². The predicted octanol–water partition coefficient (Wildman–Crippen LogP) is -0.238. The van der Waals surface area contributed by atoms with Gasteiger partial charge in [-0.3, -0.25) is 4.79 Å². The van der Waals surface area contributed by atoms with Crippen LogP contribution in [0.5, 0.6) is 0 Å². The van der Waals surface area contributed by atoms with E-state index in [-0.39, 0.29) is 29.4 Å². The van der Waals surface area contributed by atoms with E-state index in [9.17, 15) is 19.8 Å². The maximum Gasteiger partial charge on any atom is 0.355 e. The normalized spacial score (nSPS) is 13.9. The molecule has 0 aliphatic rings. The molecule has 0 spiro atoms. The van der Waals surface area contributed by atoms with Gasteiger partial charge in [0.25, 0.3) is 0 Å². The summed E-state index contributed by atoms with van der Waals surface area (Å²) in [5.41, 5.74) is 1.04. The van der Waals surface area contributed by atoms with Gasteiger partial charge in [-0.05, 0) is 6.42 Å². The zero-order chi connectivity index (χ0) is 13.7. The number of amides is 1. The highest BCUT2D eigenvalue weighted by atomic mass is 32.1. The van der Waals surface area contributed by atoms with Gasteiger partial charge in [-0.15, -0.1) is 11.3 Å². The summed E-state index contributed by atoms with van der Waals surface area (Å²) < 4.78 is 0. The molecule has 0 aliphatic heterocycles. The Morgan fingerprint density at radius 2 is 2.17 bits per heavy atom. The van der Waals surface area contributed by atoms with E-state index >= 15 is 0 Å². The Hall–Kier alpha value is -1.51. The first kappa shape index (κ1) is 14.6. The summed E-state index contributed by atoms with van der Waals surface area (Å²) in [7, 11) is 0. The fourth-order valence-corrected chi connectivity index (χ4v) is 2.17. The van der Waals surface area contributed by atoms with E-state index < -0.39 is 18.2 Å². The molecule has 1 aromatic rings. The number of thiazole rings is 1. The van der Waals surface area contributed by atoms with Crippen LogP contribution in [0.15, 0.2) is 5.51 Å². The molecule has 0 saturated heterocycles. The van der Waals surface area contributed by atoms with Crippen LogP contribution in [0.25, 0.3) is 0 Å². The highest BCUT2D eigenvalue weighted by molar-refractivity contribution is 7.10. The summed E-state index contributed by atoms with van der Waals surface area (Å²) in [6, 6.07) is 0. The van der Waals surface area contributed by atoms with Crippen LogP contribution in [0.4, 0.5) is 0 Å². The van der Waals surface area contributed by atoms with Crippen molar-refractivity contribution in [3.63, 3.8) is 0 Å². The van der Waals surface area contributed by atoms with Gasteiger partial charge in [0.2, 0.25) is 5.91 Å². The van der Waals surface area contributed by atoms with E-state index in [1.165, 1.54) is 12.4 Å². The summed E-state index contributed by atoms with van der Waals surface area (Å²) in [6.07, 6.45) is -2.36. The molecule has 0 bridgehead atoms. The van der Waals surface area contributed by atoms with E-state index in [1.807, 2.05) is 0 Å². The lowest BCUT2D eigenvalue weighted by atomic mass is 10.1. The quantitative estimate of drug-likeness (QED) is 0.568.